The molecule has 2 amide bonds. The Balaban J connectivity index is 1.78. The number of hydrogen-bond acceptors (Lipinski definition) is 4. The highest BCUT2D eigenvalue weighted by Gasteiger charge is 2.09. The van der Waals surface area contributed by atoms with Crippen molar-refractivity contribution in [2.75, 3.05) is 12.4 Å². The van der Waals surface area contributed by atoms with Gasteiger partial charge in [-0.2, -0.15) is 5.10 Å². The number of carbonyl (C=O) groups is 2. The summed E-state index contributed by atoms with van der Waals surface area (Å²) < 4.78 is 5.03. The van der Waals surface area contributed by atoms with Crippen molar-refractivity contribution >= 4 is 35.3 Å². The molecule has 0 aliphatic heterocycles. The Morgan fingerprint density at radius 2 is 1.75 bits per heavy atom. The van der Waals surface area contributed by atoms with Gasteiger partial charge in [-0.3, -0.25) is 9.59 Å². The van der Waals surface area contributed by atoms with Crippen LogP contribution in [0.1, 0.15) is 12.0 Å². The lowest BCUT2D eigenvalue weighted by atomic mass is 10.2. The van der Waals surface area contributed by atoms with Crippen LogP contribution in [0.2, 0.25) is 5.02 Å². The molecule has 0 saturated carbocycles. The summed E-state index contributed by atoms with van der Waals surface area (Å²) >= 11 is 5.77. The molecule has 2 aromatic carbocycles. The molecule has 0 spiro atoms. The highest BCUT2D eigenvalue weighted by atomic mass is 35.5. The molecule has 0 aromatic heterocycles. The van der Waals surface area contributed by atoms with Gasteiger partial charge in [0.15, 0.2) is 0 Å². The lowest BCUT2D eigenvalue weighted by molar-refractivity contribution is -0.126. The molecule has 2 aromatic rings. The highest BCUT2D eigenvalue weighted by Crippen LogP contribution is 2.15. The molecule has 0 aliphatic rings. The Hall–Kier alpha value is -2.86. The number of nitrogens with zero attached hydrogens (tertiary/aromatic N) is 1. The van der Waals surface area contributed by atoms with Gasteiger partial charge >= 0.3 is 0 Å². The largest absolute Gasteiger partial charge is 0.497 e. The van der Waals surface area contributed by atoms with Gasteiger partial charge < -0.3 is 10.1 Å². The van der Waals surface area contributed by atoms with E-state index in [0.717, 1.165) is 5.56 Å². The molecule has 0 unspecified atom stereocenters. The van der Waals surface area contributed by atoms with Crippen LogP contribution in [0.4, 0.5) is 5.69 Å². The minimum absolute atomic E-state index is 0.329. The molecular formula is C17H16ClN3O3. The van der Waals surface area contributed by atoms with Crippen molar-refractivity contribution in [3.8, 4) is 5.75 Å². The molecule has 0 heterocycles. The second kappa shape index (κ2) is 8.69. The molecule has 0 bridgehead atoms. The lowest BCUT2D eigenvalue weighted by Gasteiger charge is -2.05. The maximum absolute atomic E-state index is 11.8. The summed E-state index contributed by atoms with van der Waals surface area (Å²) in [7, 11) is 1.56. The van der Waals surface area contributed by atoms with Crippen molar-refractivity contribution in [2.45, 2.75) is 6.42 Å². The predicted molar refractivity (Wildman–Crippen MR) is 93.4 cm³/mol. The number of ether oxygens (including phenoxy) is 1. The van der Waals surface area contributed by atoms with E-state index >= 15 is 0 Å². The first kappa shape index (κ1) is 17.5. The normalized spacial score (nSPS) is 10.4. The van der Waals surface area contributed by atoms with Gasteiger partial charge in [0.2, 0.25) is 11.8 Å². The highest BCUT2D eigenvalue weighted by molar-refractivity contribution is 6.30. The van der Waals surface area contributed by atoms with Crippen LogP contribution in [0, 0.1) is 0 Å². The van der Waals surface area contributed by atoms with Gasteiger partial charge in [0.1, 0.15) is 12.2 Å². The van der Waals surface area contributed by atoms with Crippen LogP contribution in [-0.2, 0) is 9.59 Å². The van der Waals surface area contributed by atoms with Crippen molar-refractivity contribution < 1.29 is 14.3 Å². The third-order valence-corrected chi connectivity index (χ3v) is 3.22. The van der Waals surface area contributed by atoms with Gasteiger partial charge in [0, 0.05) is 10.7 Å². The van der Waals surface area contributed by atoms with E-state index in [9.17, 15) is 9.59 Å². The Morgan fingerprint density at radius 1 is 1.08 bits per heavy atom. The standard InChI is InChI=1S/C17H16ClN3O3/c1-24-15-8-6-14(7-9-15)20-16(22)10-17(23)21-19-11-12-2-4-13(18)5-3-12/h2-9,11H,10H2,1H3,(H,20,22)(H,21,23). The number of rotatable bonds is 6. The zero-order valence-electron chi connectivity index (χ0n) is 13.0. The van der Waals surface area contributed by atoms with Crippen LogP contribution in [0.25, 0.3) is 0 Å². The molecule has 2 rings (SSSR count). The van der Waals surface area contributed by atoms with Gasteiger partial charge in [0.25, 0.3) is 0 Å². The monoisotopic (exact) mass is 345 g/mol. The predicted octanol–water partition coefficient (Wildman–Crippen LogP) is 2.83. The summed E-state index contributed by atoms with van der Waals surface area (Å²) in [6.07, 6.45) is 1.14. The molecule has 24 heavy (non-hydrogen) atoms. The van der Waals surface area contributed by atoms with E-state index in [1.165, 1.54) is 6.21 Å². The van der Waals surface area contributed by atoms with Crippen molar-refractivity contribution in [1.82, 2.24) is 5.43 Å². The SMILES string of the molecule is COc1ccc(NC(=O)CC(=O)NN=Cc2ccc(Cl)cc2)cc1. The first-order chi connectivity index (χ1) is 11.6. The number of anilines is 1. The summed E-state index contributed by atoms with van der Waals surface area (Å²) in [5, 5.41) is 7.02. The van der Waals surface area contributed by atoms with E-state index in [0.29, 0.717) is 16.5 Å². The number of benzene rings is 2. The fourth-order valence-corrected chi connectivity index (χ4v) is 1.92. The first-order valence-electron chi connectivity index (χ1n) is 7.08. The van der Waals surface area contributed by atoms with Gasteiger partial charge in [-0.1, -0.05) is 23.7 Å². The van der Waals surface area contributed by atoms with Crippen LogP contribution in [0.15, 0.2) is 53.6 Å². The summed E-state index contributed by atoms with van der Waals surface area (Å²) in [5.74, 6) is -0.257. The summed E-state index contributed by atoms with van der Waals surface area (Å²) in [4.78, 5) is 23.4. The zero-order chi connectivity index (χ0) is 17.4. The van der Waals surface area contributed by atoms with E-state index in [4.69, 9.17) is 16.3 Å². The number of carbonyl (C=O) groups excluding carboxylic acids is 2. The smallest absolute Gasteiger partial charge is 0.249 e. The summed E-state index contributed by atoms with van der Waals surface area (Å²) in [6, 6.07) is 13.8. The molecule has 6 nitrogen and oxygen atoms in total. The minimum Gasteiger partial charge on any atom is -0.497 e. The topological polar surface area (TPSA) is 79.8 Å². The molecule has 0 saturated heterocycles. The van der Waals surface area contributed by atoms with Crippen LogP contribution in [0.5, 0.6) is 5.75 Å². The molecule has 2 N–H and O–H groups in total. The third-order valence-electron chi connectivity index (χ3n) is 2.97. The fraction of sp³-hybridized carbons (Fsp3) is 0.118. The van der Waals surface area contributed by atoms with Crippen LogP contribution in [-0.4, -0.2) is 25.1 Å². The van der Waals surface area contributed by atoms with Crippen LogP contribution in [0.3, 0.4) is 0 Å². The lowest BCUT2D eigenvalue weighted by Crippen LogP contribution is -2.24. The zero-order valence-corrected chi connectivity index (χ0v) is 13.7. The van der Waals surface area contributed by atoms with Crippen molar-refractivity contribution in [3.63, 3.8) is 0 Å². The Kier molecular flexibility index (Phi) is 6.33. The summed E-state index contributed by atoms with van der Waals surface area (Å²) in [6.45, 7) is 0. The van der Waals surface area contributed by atoms with Crippen molar-refractivity contribution in [2.24, 2.45) is 5.10 Å². The maximum atomic E-state index is 11.8. The fourth-order valence-electron chi connectivity index (χ4n) is 1.79. The van der Waals surface area contributed by atoms with E-state index in [-0.39, 0.29) is 6.42 Å². The number of nitrogens with one attached hydrogen (secondary N) is 2. The molecule has 124 valence electrons. The average Bonchev–Trinajstić information content (AvgIpc) is 2.57. The molecule has 0 radical (unpaired) electrons. The Morgan fingerprint density at radius 3 is 2.38 bits per heavy atom. The third kappa shape index (κ3) is 5.73. The summed E-state index contributed by atoms with van der Waals surface area (Å²) in [5.41, 5.74) is 3.66. The van der Waals surface area contributed by atoms with E-state index in [1.54, 1.807) is 55.6 Å². The Labute approximate surface area is 144 Å². The first-order valence-corrected chi connectivity index (χ1v) is 7.46. The Bertz CT molecular complexity index is 728. The quantitative estimate of drug-likeness (QED) is 0.480. The van der Waals surface area contributed by atoms with Crippen LogP contribution < -0.4 is 15.5 Å². The van der Waals surface area contributed by atoms with Gasteiger partial charge in [-0.05, 0) is 42.0 Å². The number of halogens is 1. The van der Waals surface area contributed by atoms with Gasteiger partial charge in [-0.25, -0.2) is 5.43 Å². The van der Waals surface area contributed by atoms with E-state index in [1.807, 2.05) is 0 Å². The number of hydrogen-bond donors (Lipinski definition) is 2. The maximum Gasteiger partial charge on any atom is 0.249 e. The van der Waals surface area contributed by atoms with E-state index in [2.05, 4.69) is 15.8 Å². The van der Waals surface area contributed by atoms with E-state index < -0.39 is 11.8 Å². The molecule has 0 fully saturated rings. The number of methoxy groups -OCH3 is 1. The van der Waals surface area contributed by atoms with Crippen LogP contribution >= 0.6 is 11.6 Å². The number of hydrazone groups is 1. The minimum atomic E-state index is -0.508. The number of amides is 2. The molecule has 0 atom stereocenters. The second-order valence-corrected chi connectivity index (χ2v) is 5.23. The van der Waals surface area contributed by atoms with Gasteiger partial charge in [0.05, 0.1) is 13.3 Å². The molecule has 7 heteroatoms. The average molecular weight is 346 g/mol. The molecule has 0 aliphatic carbocycles. The molecular weight excluding hydrogens is 330 g/mol. The van der Waals surface area contributed by atoms with Gasteiger partial charge in [-0.15, -0.1) is 0 Å². The van der Waals surface area contributed by atoms with Crippen molar-refractivity contribution in [3.05, 3.63) is 59.1 Å². The van der Waals surface area contributed by atoms with Crippen molar-refractivity contribution in [1.29, 1.82) is 0 Å². The second-order valence-electron chi connectivity index (χ2n) is 4.80.